The quantitative estimate of drug-likeness (QED) is 0.386. The summed E-state index contributed by atoms with van der Waals surface area (Å²) in [5, 5.41) is 9.16. The van der Waals surface area contributed by atoms with Crippen LogP contribution < -0.4 is 0 Å². The first kappa shape index (κ1) is 24.9. The number of carbonyl (C=O) groups is 3. The molecular formula is C26H39N3O5. The van der Waals surface area contributed by atoms with Gasteiger partial charge < -0.3 is 24.5 Å². The summed E-state index contributed by atoms with van der Waals surface area (Å²) in [4.78, 5) is 46.8. The maximum absolute atomic E-state index is 14.0. The van der Waals surface area contributed by atoms with Crippen molar-refractivity contribution in [2.75, 3.05) is 39.3 Å². The fourth-order valence-corrected chi connectivity index (χ4v) is 6.07. The maximum Gasteiger partial charge on any atom is 0.249 e. The Bertz CT molecular complexity index is 842. The van der Waals surface area contributed by atoms with Crippen LogP contribution in [0.4, 0.5) is 0 Å². The van der Waals surface area contributed by atoms with Crippen molar-refractivity contribution in [3.8, 4) is 0 Å². The number of ether oxygens (including phenoxy) is 1. The second kappa shape index (κ2) is 10.6. The van der Waals surface area contributed by atoms with Gasteiger partial charge in [-0.15, -0.1) is 0 Å². The van der Waals surface area contributed by atoms with E-state index in [1.54, 1.807) is 4.90 Å². The van der Waals surface area contributed by atoms with Gasteiger partial charge in [0.15, 0.2) is 0 Å². The minimum atomic E-state index is -1.13. The van der Waals surface area contributed by atoms with Crippen molar-refractivity contribution in [2.45, 2.75) is 70.1 Å². The van der Waals surface area contributed by atoms with E-state index in [9.17, 15) is 14.4 Å². The van der Waals surface area contributed by atoms with Crippen LogP contribution in [0.2, 0.25) is 0 Å². The fraction of sp³-hybridized carbons (Fsp3) is 0.731. The lowest BCUT2D eigenvalue weighted by molar-refractivity contribution is -0.148. The standard InChI is InChI=1S/C26H39N3O5/c1-3-5-14-28-16-10-12-26-21(20-19(34-26)11-9-15-27(13-4-2)23(20)31)24(32)29(22(26)25(28)33)17-7-6-8-18-30/h9-12,19-22,30H,3-8,13-18H2,1-2H3/t19-,20+,21-,22?,26-/m0/s1. The van der Waals surface area contributed by atoms with Gasteiger partial charge in [0.1, 0.15) is 11.6 Å². The number of aliphatic hydroxyl groups excluding tert-OH is 1. The van der Waals surface area contributed by atoms with E-state index in [1.807, 2.05) is 41.0 Å². The van der Waals surface area contributed by atoms with Crippen LogP contribution in [0, 0.1) is 11.8 Å². The molecule has 1 spiro atoms. The predicted molar refractivity (Wildman–Crippen MR) is 128 cm³/mol. The molecule has 0 aliphatic carbocycles. The largest absolute Gasteiger partial charge is 0.396 e. The topological polar surface area (TPSA) is 90.4 Å². The minimum absolute atomic E-state index is 0.0547. The predicted octanol–water partition coefficient (Wildman–Crippen LogP) is 1.74. The summed E-state index contributed by atoms with van der Waals surface area (Å²) in [6, 6.07) is -0.762. The van der Waals surface area contributed by atoms with Crippen molar-refractivity contribution in [1.29, 1.82) is 0 Å². The minimum Gasteiger partial charge on any atom is -0.396 e. The first-order chi connectivity index (χ1) is 16.5. The number of fused-ring (bicyclic) bond motifs is 2. The van der Waals surface area contributed by atoms with Gasteiger partial charge in [0.05, 0.1) is 17.9 Å². The number of amides is 3. The zero-order valence-electron chi connectivity index (χ0n) is 20.5. The third-order valence-corrected chi connectivity index (χ3v) is 7.66. The first-order valence-electron chi connectivity index (χ1n) is 13.0. The molecule has 0 aromatic carbocycles. The normalized spacial score (nSPS) is 32.7. The highest BCUT2D eigenvalue weighted by atomic mass is 16.5. The molecule has 0 saturated carbocycles. The Morgan fingerprint density at radius 1 is 0.912 bits per heavy atom. The number of hydrogen-bond acceptors (Lipinski definition) is 5. The van der Waals surface area contributed by atoms with E-state index >= 15 is 0 Å². The van der Waals surface area contributed by atoms with Gasteiger partial charge in [-0.1, -0.05) is 44.6 Å². The van der Waals surface area contributed by atoms with Crippen molar-refractivity contribution in [3.05, 3.63) is 24.3 Å². The van der Waals surface area contributed by atoms with Gasteiger partial charge in [0.2, 0.25) is 17.7 Å². The third kappa shape index (κ3) is 4.19. The summed E-state index contributed by atoms with van der Waals surface area (Å²) in [5.74, 6) is -1.63. The lowest BCUT2D eigenvalue weighted by atomic mass is 9.77. The Morgan fingerprint density at radius 2 is 1.68 bits per heavy atom. The highest BCUT2D eigenvalue weighted by molar-refractivity contribution is 5.99. The van der Waals surface area contributed by atoms with Crippen LogP contribution in [-0.4, -0.2) is 94.6 Å². The molecule has 0 aromatic heterocycles. The van der Waals surface area contributed by atoms with E-state index in [0.717, 1.165) is 25.7 Å². The van der Waals surface area contributed by atoms with E-state index in [0.29, 0.717) is 45.6 Å². The van der Waals surface area contributed by atoms with Crippen molar-refractivity contribution in [2.24, 2.45) is 11.8 Å². The molecule has 0 aromatic rings. The molecule has 8 nitrogen and oxygen atoms in total. The monoisotopic (exact) mass is 473 g/mol. The SMILES string of the molecule is CCCCN1CC=C[C@]23O[C@H]4C=CCN(CCC)C(=O)[C@H]4[C@H]2C(=O)N(CCCCCO)C3C1=O. The second-order valence-electron chi connectivity index (χ2n) is 9.91. The van der Waals surface area contributed by atoms with Gasteiger partial charge in [0.25, 0.3) is 0 Å². The summed E-state index contributed by atoms with van der Waals surface area (Å²) in [6.07, 6.45) is 12.1. The number of hydrogen-bond donors (Lipinski definition) is 1. The van der Waals surface area contributed by atoms with Crippen LogP contribution in [0.5, 0.6) is 0 Å². The smallest absolute Gasteiger partial charge is 0.249 e. The molecule has 5 atom stereocenters. The number of carbonyl (C=O) groups excluding carboxylic acids is 3. The molecule has 34 heavy (non-hydrogen) atoms. The van der Waals surface area contributed by atoms with E-state index in [2.05, 4.69) is 6.92 Å². The van der Waals surface area contributed by atoms with Gasteiger partial charge in [-0.2, -0.15) is 0 Å². The molecule has 1 N–H and O–H groups in total. The van der Waals surface area contributed by atoms with Crippen molar-refractivity contribution in [3.63, 3.8) is 0 Å². The second-order valence-corrected chi connectivity index (χ2v) is 9.91. The third-order valence-electron chi connectivity index (χ3n) is 7.66. The van der Waals surface area contributed by atoms with E-state index in [4.69, 9.17) is 9.84 Å². The van der Waals surface area contributed by atoms with Crippen LogP contribution in [-0.2, 0) is 19.1 Å². The van der Waals surface area contributed by atoms with Crippen LogP contribution in [0.25, 0.3) is 0 Å². The first-order valence-corrected chi connectivity index (χ1v) is 13.0. The molecule has 4 aliphatic heterocycles. The van der Waals surface area contributed by atoms with Crippen molar-refractivity contribution in [1.82, 2.24) is 14.7 Å². The molecule has 8 heteroatoms. The van der Waals surface area contributed by atoms with E-state index in [1.165, 1.54) is 0 Å². The fourth-order valence-electron chi connectivity index (χ4n) is 6.07. The molecule has 4 heterocycles. The Hall–Kier alpha value is -2.19. The lowest BCUT2D eigenvalue weighted by Gasteiger charge is -2.35. The van der Waals surface area contributed by atoms with Gasteiger partial charge in [-0.3, -0.25) is 14.4 Å². The molecule has 0 radical (unpaired) electrons. The van der Waals surface area contributed by atoms with Crippen molar-refractivity contribution < 1.29 is 24.2 Å². The Kier molecular flexibility index (Phi) is 7.77. The summed E-state index contributed by atoms with van der Waals surface area (Å²) in [6.45, 7) is 6.94. The average molecular weight is 474 g/mol. The molecule has 1 unspecified atom stereocenters. The van der Waals surface area contributed by atoms with Gasteiger partial charge >= 0.3 is 0 Å². The van der Waals surface area contributed by atoms with Gasteiger partial charge in [-0.05, 0) is 32.1 Å². The molecular weight excluding hydrogens is 434 g/mol. The van der Waals surface area contributed by atoms with Crippen LogP contribution in [0.1, 0.15) is 52.4 Å². The molecule has 2 saturated heterocycles. The lowest BCUT2D eigenvalue weighted by Crippen LogP contribution is -2.55. The van der Waals surface area contributed by atoms with Gasteiger partial charge in [-0.25, -0.2) is 0 Å². The molecule has 4 rings (SSSR count). The number of likely N-dealkylation sites (tertiary alicyclic amines) is 1. The summed E-state index contributed by atoms with van der Waals surface area (Å²) in [7, 11) is 0. The zero-order chi connectivity index (χ0) is 24.3. The number of aliphatic hydroxyl groups is 1. The van der Waals surface area contributed by atoms with Gasteiger partial charge in [0, 0.05) is 39.3 Å². The number of rotatable bonds is 10. The summed E-state index contributed by atoms with van der Waals surface area (Å²) in [5.41, 5.74) is -1.13. The number of nitrogens with zero attached hydrogens (tertiary/aromatic N) is 3. The zero-order valence-corrected chi connectivity index (χ0v) is 20.5. The molecule has 188 valence electrons. The highest BCUT2D eigenvalue weighted by Gasteiger charge is 2.71. The summed E-state index contributed by atoms with van der Waals surface area (Å²) < 4.78 is 6.62. The van der Waals surface area contributed by atoms with E-state index < -0.39 is 29.6 Å². The van der Waals surface area contributed by atoms with Crippen molar-refractivity contribution >= 4 is 17.7 Å². The molecule has 0 bridgehead atoms. The molecule has 4 aliphatic rings. The van der Waals surface area contributed by atoms with E-state index in [-0.39, 0.29) is 24.3 Å². The van der Waals surface area contributed by atoms with Crippen LogP contribution in [0.15, 0.2) is 24.3 Å². The summed E-state index contributed by atoms with van der Waals surface area (Å²) >= 11 is 0. The Morgan fingerprint density at radius 3 is 2.41 bits per heavy atom. The number of unbranched alkanes of at least 4 members (excludes halogenated alkanes) is 3. The average Bonchev–Trinajstić information content (AvgIpc) is 3.14. The van der Waals surface area contributed by atoms with Crippen LogP contribution in [0.3, 0.4) is 0 Å². The Balaban J connectivity index is 1.71. The molecule has 2 fully saturated rings. The maximum atomic E-state index is 14.0. The highest BCUT2D eigenvalue weighted by Crippen LogP contribution is 2.53. The Labute approximate surface area is 202 Å². The molecule has 3 amide bonds. The van der Waals surface area contributed by atoms with Crippen LogP contribution >= 0.6 is 0 Å².